The summed E-state index contributed by atoms with van der Waals surface area (Å²) in [6.07, 6.45) is -1.47. The van der Waals surface area contributed by atoms with Gasteiger partial charge in [-0.3, -0.25) is 15.0 Å². The minimum absolute atomic E-state index is 0.0896. The molecular weight excluding hydrogens is 553 g/mol. The fourth-order valence-corrected chi connectivity index (χ4v) is 5.16. The van der Waals surface area contributed by atoms with Gasteiger partial charge in [-0.05, 0) is 48.2 Å². The van der Waals surface area contributed by atoms with Crippen molar-refractivity contribution in [1.29, 1.82) is 0 Å². The van der Waals surface area contributed by atoms with Gasteiger partial charge < -0.3 is 9.80 Å². The van der Waals surface area contributed by atoms with Crippen LogP contribution in [0.5, 0.6) is 0 Å². The Kier molecular flexibility index (Phi) is 8.25. The number of imidazole rings is 1. The lowest BCUT2D eigenvalue weighted by Gasteiger charge is -2.34. The molecule has 0 saturated carbocycles. The van der Waals surface area contributed by atoms with Crippen molar-refractivity contribution in [2.45, 2.75) is 19.6 Å². The van der Waals surface area contributed by atoms with Crippen LogP contribution < -0.4 is 10.2 Å². The molecule has 1 N–H and O–H groups in total. The molecule has 4 aromatic rings. The number of aromatic nitrogens is 4. The zero-order valence-corrected chi connectivity index (χ0v) is 23.7. The fraction of sp³-hybridized carbons (Fsp3) is 0.357. The molecular formula is C28H29F3N8OS. The van der Waals surface area contributed by atoms with Crippen molar-refractivity contribution in [1.82, 2.24) is 29.4 Å². The number of thiazole rings is 1. The van der Waals surface area contributed by atoms with Crippen molar-refractivity contribution in [2.24, 2.45) is 0 Å². The summed E-state index contributed by atoms with van der Waals surface area (Å²) in [5.41, 5.74) is 0.501. The van der Waals surface area contributed by atoms with Crippen molar-refractivity contribution in [3.63, 3.8) is 0 Å². The summed E-state index contributed by atoms with van der Waals surface area (Å²) in [5, 5.41) is 7.35. The average Bonchev–Trinajstić information content (AvgIpc) is 3.57. The molecule has 0 unspecified atom stereocenters. The van der Waals surface area contributed by atoms with Crippen LogP contribution in [0.1, 0.15) is 39.0 Å². The molecule has 0 spiro atoms. The van der Waals surface area contributed by atoms with E-state index in [1.54, 1.807) is 10.7 Å². The number of fused-ring (bicyclic) bond motifs is 1. The summed E-state index contributed by atoms with van der Waals surface area (Å²) in [4.78, 5) is 28.0. The number of nitrogens with zero attached hydrogens (tertiary/aromatic N) is 7. The summed E-state index contributed by atoms with van der Waals surface area (Å²) in [5.74, 6) is 6.08. The predicted octanol–water partition coefficient (Wildman–Crippen LogP) is 4.06. The van der Waals surface area contributed by atoms with Gasteiger partial charge >= 0.3 is 6.18 Å². The number of alkyl halides is 3. The molecule has 0 atom stereocenters. The van der Waals surface area contributed by atoms with Gasteiger partial charge in [-0.2, -0.15) is 13.2 Å². The third kappa shape index (κ3) is 6.67. The SMILES string of the molecule is CCN1CCN(Cc2ccc(C(=O)Nc3ncc(C#Cc4cnc5ccc(N(C)C)nn45)s3)cc2C(F)(F)F)CC1. The molecule has 0 aliphatic carbocycles. The van der Waals surface area contributed by atoms with E-state index in [2.05, 4.69) is 44.0 Å². The van der Waals surface area contributed by atoms with E-state index in [0.717, 1.165) is 42.9 Å². The van der Waals surface area contributed by atoms with Crippen LogP contribution in [0.2, 0.25) is 0 Å². The molecule has 3 aromatic heterocycles. The zero-order chi connectivity index (χ0) is 29.1. The Balaban J connectivity index is 1.29. The highest BCUT2D eigenvalue weighted by Gasteiger charge is 2.34. The maximum absolute atomic E-state index is 14.0. The summed E-state index contributed by atoms with van der Waals surface area (Å²) < 4.78 is 43.5. The van der Waals surface area contributed by atoms with Crippen LogP contribution in [0.25, 0.3) is 5.65 Å². The van der Waals surface area contributed by atoms with Gasteiger partial charge in [0.1, 0.15) is 11.5 Å². The molecule has 1 amide bonds. The first kappa shape index (κ1) is 28.5. The highest BCUT2D eigenvalue weighted by atomic mass is 32.1. The number of piperazine rings is 1. The molecule has 13 heteroatoms. The molecule has 4 heterocycles. The monoisotopic (exact) mass is 582 g/mol. The van der Waals surface area contributed by atoms with E-state index < -0.39 is 17.6 Å². The Bertz CT molecular complexity index is 1610. The van der Waals surface area contributed by atoms with Crippen LogP contribution in [0.15, 0.2) is 42.7 Å². The van der Waals surface area contributed by atoms with E-state index in [1.165, 1.54) is 18.3 Å². The van der Waals surface area contributed by atoms with Gasteiger partial charge in [0.15, 0.2) is 10.8 Å². The number of hydrogen-bond acceptors (Lipinski definition) is 8. The molecule has 214 valence electrons. The Morgan fingerprint density at radius 1 is 1.05 bits per heavy atom. The highest BCUT2D eigenvalue weighted by molar-refractivity contribution is 7.16. The minimum atomic E-state index is -4.58. The number of benzene rings is 1. The maximum Gasteiger partial charge on any atom is 0.416 e. The Labute approximate surface area is 239 Å². The van der Waals surface area contributed by atoms with Crippen molar-refractivity contribution >= 4 is 33.8 Å². The van der Waals surface area contributed by atoms with Gasteiger partial charge in [0, 0.05) is 52.4 Å². The highest BCUT2D eigenvalue weighted by Crippen LogP contribution is 2.34. The Hall–Kier alpha value is -3.99. The van der Waals surface area contributed by atoms with E-state index in [0.29, 0.717) is 29.3 Å². The summed E-state index contributed by atoms with van der Waals surface area (Å²) in [6.45, 7) is 6.23. The Morgan fingerprint density at radius 3 is 2.51 bits per heavy atom. The number of anilines is 2. The van der Waals surface area contributed by atoms with Gasteiger partial charge in [0.2, 0.25) is 0 Å². The second kappa shape index (κ2) is 11.9. The number of nitrogens with one attached hydrogen (secondary N) is 1. The van der Waals surface area contributed by atoms with Crippen LogP contribution >= 0.6 is 11.3 Å². The molecule has 0 bridgehead atoms. The molecule has 1 saturated heterocycles. The third-order valence-corrected chi connectivity index (χ3v) is 7.66. The normalized spacial score (nSPS) is 14.6. The second-order valence-electron chi connectivity index (χ2n) is 9.81. The fourth-order valence-electron chi connectivity index (χ4n) is 4.50. The van der Waals surface area contributed by atoms with Crippen LogP contribution in [-0.2, 0) is 12.7 Å². The first-order valence-electron chi connectivity index (χ1n) is 13.1. The van der Waals surface area contributed by atoms with E-state index in [4.69, 9.17) is 0 Å². The molecule has 41 heavy (non-hydrogen) atoms. The van der Waals surface area contributed by atoms with Crippen LogP contribution in [0.4, 0.5) is 24.1 Å². The number of carbonyl (C=O) groups is 1. The van der Waals surface area contributed by atoms with Gasteiger partial charge in [-0.1, -0.05) is 24.3 Å². The molecule has 1 fully saturated rings. The van der Waals surface area contributed by atoms with E-state index in [1.807, 2.05) is 36.0 Å². The summed E-state index contributed by atoms with van der Waals surface area (Å²) >= 11 is 1.12. The van der Waals surface area contributed by atoms with Gasteiger partial charge in [0.25, 0.3) is 5.91 Å². The predicted molar refractivity (Wildman–Crippen MR) is 152 cm³/mol. The molecule has 5 rings (SSSR count). The summed E-state index contributed by atoms with van der Waals surface area (Å²) in [6, 6.07) is 7.45. The number of rotatable bonds is 6. The maximum atomic E-state index is 14.0. The van der Waals surface area contributed by atoms with Gasteiger partial charge in [-0.25, -0.2) is 14.5 Å². The third-order valence-electron chi connectivity index (χ3n) is 6.83. The number of carbonyl (C=O) groups excluding carboxylic acids is 1. The van der Waals surface area contributed by atoms with E-state index in [-0.39, 0.29) is 22.8 Å². The van der Waals surface area contributed by atoms with Gasteiger partial charge in [-0.15, -0.1) is 5.10 Å². The molecule has 1 aliphatic rings. The second-order valence-corrected chi connectivity index (χ2v) is 10.8. The molecule has 0 radical (unpaired) electrons. The Morgan fingerprint density at radius 2 is 1.80 bits per heavy atom. The molecule has 1 aromatic carbocycles. The van der Waals surface area contributed by atoms with E-state index in [9.17, 15) is 18.0 Å². The number of halogens is 3. The lowest BCUT2D eigenvalue weighted by Crippen LogP contribution is -2.45. The lowest BCUT2D eigenvalue weighted by molar-refractivity contribution is -0.138. The van der Waals surface area contributed by atoms with Crippen molar-refractivity contribution in [3.8, 4) is 11.8 Å². The lowest BCUT2D eigenvalue weighted by atomic mass is 10.0. The number of hydrogen-bond donors (Lipinski definition) is 1. The van der Waals surface area contributed by atoms with E-state index >= 15 is 0 Å². The standard InChI is InChI=1S/C28H29F3N8OS/c1-4-37-11-13-38(14-12-37)18-20-6-5-19(15-23(20)28(29,30)31)26(40)34-27-33-17-22(41-27)8-7-21-16-32-24-9-10-25(36(2)3)35-39(21)24/h5-6,9-10,15-17H,4,11-14,18H2,1-3H3,(H,33,34,40). The molecule has 1 aliphatic heterocycles. The minimum Gasteiger partial charge on any atom is -0.361 e. The number of likely N-dealkylation sites (N-methyl/N-ethyl adjacent to an activating group) is 1. The first-order valence-corrected chi connectivity index (χ1v) is 13.9. The largest absolute Gasteiger partial charge is 0.416 e. The number of amides is 1. The quantitative estimate of drug-likeness (QED) is 0.344. The first-order chi connectivity index (χ1) is 19.6. The zero-order valence-electron chi connectivity index (χ0n) is 22.9. The smallest absolute Gasteiger partial charge is 0.361 e. The van der Waals surface area contributed by atoms with Crippen LogP contribution in [-0.4, -0.2) is 82.1 Å². The van der Waals surface area contributed by atoms with Gasteiger partial charge in [0.05, 0.1) is 22.8 Å². The van der Waals surface area contributed by atoms with Crippen LogP contribution in [0.3, 0.4) is 0 Å². The average molecular weight is 583 g/mol. The molecule has 9 nitrogen and oxygen atoms in total. The van der Waals surface area contributed by atoms with Crippen LogP contribution in [0, 0.1) is 11.8 Å². The van der Waals surface area contributed by atoms with Crippen molar-refractivity contribution < 1.29 is 18.0 Å². The topological polar surface area (TPSA) is 81.9 Å². The van der Waals surface area contributed by atoms with Crippen molar-refractivity contribution in [2.75, 3.05) is 57.0 Å². The summed E-state index contributed by atoms with van der Waals surface area (Å²) in [7, 11) is 3.77. The van der Waals surface area contributed by atoms with Crippen molar-refractivity contribution in [3.05, 3.63) is 70.0 Å².